The molecular formula is C8H8Cl2N2O3S. The molecule has 0 saturated heterocycles. The Bertz CT molecular complexity index is 528. The van der Waals surface area contributed by atoms with Gasteiger partial charge in [0.1, 0.15) is 5.15 Å². The third-order valence-electron chi connectivity index (χ3n) is 1.69. The lowest BCUT2D eigenvalue weighted by atomic mass is 10.2. The van der Waals surface area contributed by atoms with Crippen LogP contribution >= 0.6 is 22.3 Å². The maximum absolute atomic E-state index is 11.6. The number of carbonyl (C=O) groups excluding carboxylic acids is 1. The van der Waals surface area contributed by atoms with Gasteiger partial charge in [-0.15, -0.1) is 0 Å². The van der Waals surface area contributed by atoms with Gasteiger partial charge in [0, 0.05) is 24.8 Å². The Hall–Kier alpha value is -0.850. The summed E-state index contributed by atoms with van der Waals surface area (Å²) in [7, 11) is 4.03. The molecule has 0 aliphatic carbocycles. The SMILES string of the molecule is CN(C)C(=O)c1ccc(Cl)nc1S(=O)(=O)Cl. The fourth-order valence-corrected chi connectivity index (χ4v) is 2.18. The average Bonchev–Trinajstić information content (AvgIpc) is 2.15. The smallest absolute Gasteiger partial charge is 0.279 e. The van der Waals surface area contributed by atoms with Crippen LogP contribution in [0, 0.1) is 0 Å². The summed E-state index contributed by atoms with van der Waals surface area (Å²) in [6.45, 7) is 0. The Labute approximate surface area is 102 Å². The first-order valence-corrected chi connectivity index (χ1v) is 6.75. The molecule has 0 bridgehead atoms. The van der Waals surface area contributed by atoms with E-state index in [1.165, 1.54) is 31.1 Å². The van der Waals surface area contributed by atoms with Gasteiger partial charge in [0.25, 0.3) is 15.0 Å². The molecule has 0 atom stereocenters. The summed E-state index contributed by atoms with van der Waals surface area (Å²) < 4.78 is 22.4. The lowest BCUT2D eigenvalue weighted by molar-refractivity contribution is 0.0823. The molecule has 0 fully saturated rings. The number of rotatable bonds is 2. The number of aromatic nitrogens is 1. The highest BCUT2D eigenvalue weighted by molar-refractivity contribution is 8.13. The first-order chi connectivity index (χ1) is 7.23. The van der Waals surface area contributed by atoms with Crippen LogP contribution in [0.3, 0.4) is 0 Å². The molecule has 0 saturated carbocycles. The van der Waals surface area contributed by atoms with Gasteiger partial charge in [-0.1, -0.05) is 11.6 Å². The molecule has 1 heterocycles. The van der Waals surface area contributed by atoms with Gasteiger partial charge in [0.15, 0.2) is 5.03 Å². The first kappa shape index (κ1) is 13.2. The molecule has 0 unspecified atom stereocenters. The second-order valence-corrected chi connectivity index (χ2v) is 5.99. The Kier molecular flexibility index (Phi) is 3.77. The highest BCUT2D eigenvalue weighted by Gasteiger charge is 2.23. The number of pyridine rings is 1. The Morgan fingerprint density at radius 1 is 1.38 bits per heavy atom. The van der Waals surface area contributed by atoms with E-state index >= 15 is 0 Å². The van der Waals surface area contributed by atoms with Gasteiger partial charge in [0.2, 0.25) is 0 Å². The molecule has 1 aromatic heterocycles. The maximum Gasteiger partial charge on any atom is 0.279 e. The minimum absolute atomic E-state index is 0.0467. The minimum atomic E-state index is -4.11. The van der Waals surface area contributed by atoms with Crippen molar-refractivity contribution in [3.63, 3.8) is 0 Å². The number of nitrogens with zero attached hydrogens (tertiary/aromatic N) is 2. The summed E-state index contributed by atoms with van der Waals surface area (Å²) in [5.41, 5.74) is -0.107. The molecule has 1 aromatic rings. The highest BCUT2D eigenvalue weighted by atomic mass is 35.7. The van der Waals surface area contributed by atoms with Gasteiger partial charge in [-0.3, -0.25) is 4.79 Å². The zero-order chi connectivity index (χ0) is 12.5. The average molecular weight is 283 g/mol. The van der Waals surface area contributed by atoms with Crippen molar-refractivity contribution in [1.29, 1.82) is 0 Å². The van der Waals surface area contributed by atoms with Crippen LogP contribution in [0.15, 0.2) is 17.2 Å². The molecule has 0 aliphatic rings. The van der Waals surface area contributed by atoms with Crippen molar-refractivity contribution in [1.82, 2.24) is 9.88 Å². The normalized spacial score (nSPS) is 11.2. The van der Waals surface area contributed by atoms with E-state index in [2.05, 4.69) is 4.98 Å². The molecular weight excluding hydrogens is 275 g/mol. The van der Waals surface area contributed by atoms with E-state index in [9.17, 15) is 13.2 Å². The standard InChI is InChI=1S/C8H8Cl2N2O3S/c1-12(2)8(13)5-3-4-6(9)11-7(5)16(10,14)15/h3-4H,1-2H3. The van der Waals surface area contributed by atoms with Gasteiger partial charge in [-0.05, 0) is 12.1 Å². The van der Waals surface area contributed by atoms with Crippen molar-refractivity contribution < 1.29 is 13.2 Å². The van der Waals surface area contributed by atoms with Crippen LogP contribution in [0.1, 0.15) is 10.4 Å². The monoisotopic (exact) mass is 282 g/mol. The number of hydrogen-bond donors (Lipinski definition) is 0. The zero-order valence-corrected chi connectivity index (χ0v) is 10.8. The van der Waals surface area contributed by atoms with Crippen LogP contribution in [0.5, 0.6) is 0 Å². The van der Waals surface area contributed by atoms with Crippen molar-refractivity contribution in [3.8, 4) is 0 Å². The van der Waals surface area contributed by atoms with E-state index in [1.807, 2.05) is 0 Å². The lowest BCUT2D eigenvalue weighted by Gasteiger charge is -2.11. The van der Waals surface area contributed by atoms with Crippen LogP contribution in [0.25, 0.3) is 0 Å². The molecule has 0 N–H and O–H groups in total. The van der Waals surface area contributed by atoms with Gasteiger partial charge in [-0.25, -0.2) is 13.4 Å². The van der Waals surface area contributed by atoms with E-state index in [0.717, 1.165) is 0 Å². The molecule has 88 valence electrons. The van der Waals surface area contributed by atoms with Crippen molar-refractivity contribution >= 4 is 37.2 Å². The second kappa shape index (κ2) is 4.57. The number of carbonyl (C=O) groups is 1. The second-order valence-electron chi connectivity index (χ2n) is 3.12. The minimum Gasteiger partial charge on any atom is -0.345 e. The Morgan fingerprint density at radius 2 is 1.94 bits per heavy atom. The summed E-state index contributed by atoms with van der Waals surface area (Å²) in [6.07, 6.45) is 0. The van der Waals surface area contributed by atoms with Gasteiger partial charge >= 0.3 is 0 Å². The highest BCUT2D eigenvalue weighted by Crippen LogP contribution is 2.21. The summed E-state index contributed by atoms with van der Waals surface area (Å²) in [6, 6.07) is 2.59. The van der Waals surface area contributed by atoms with Crippen LogP contribution in [-0.4, -0.2) is 38.3 Å². The van der Waals surface area contributed by atoms with E-state index < -0.39 is 20.0 Å². The third kappa shape index (κ3) is 2.84. The zero-order valence-electron chi connectivity index (χ0n) is 8.44. The van der Waals surface area contributed by atoms with E-state index in [0.29, 0.717) is 0 Å². The van der Waals surface area contributed by atoms with E-state index in [-0.39, 0.29) is 10.7 Å². The topological polar surface area (TPSA) is 67.3 Å². The fraction of sp³-hybridized carbons (Fsp3) is 0.250. The predicted octanol–water partition coefficient (Wildman–Crippen LogP) is 1.36. The van der Waals surface area contributed by atoms with Crippen LogP contribution in [-0.2, 0) is 9.05 Å². The quantitative estimate of drug-likeness (QED) is 0.607. The summed E-state index contributed by atoms with van der Waals surface area (Å²) in [4.78, 5) is 16.4. The van der Waals surface area contributed by atoms with Crippen LogP contribution in [0.2, 0.25) is 5.15 Å². The molecule has 1 amide bonds. The predicted molar refractivity (Wildman–Crippen MR) is 60.3 cm³/mol. The van der Waals surface area contributed by atoms with Gasteiger partial charge in [0.05, 0.1) is 5.56 Å². The summed E-state index contributed by atoms with van der Waals surface area (Å²) in [5.74, 6) is -0.511. The molecule has 0 spiro atoms. The van der Waals surface area contributed by atoms with Crippen molar-refractivity contribution in [3.05, 3.63) is 22.8 Å². The molecule has 1 rings (SSSR count). The summed E-state index contributed by atoms with van der Waals surface area (Å²) in [5, 5.41) is -0.574. The van der Waals surface area contributed by atoms with E-state index in [4.69, 9.17) is 22.3 Å². The van der Waals surface area contributed by atoms with Crippen molar-refractivity contribution in [2.45, 2.75) is 5.03 Å². The molecule has 5 nitrogen and oxygen atoms in total. The molecule has 0 aliphatic heterocycles. The molecule has 8 heteroatoms. The van der Waals surface area contributed by atoms with Crippen molar-refractivity contribution in [2.75, 3.05) is 14.1 Å². The van der Waals surface area contributed by atoms with Crippen LogP contribution in [0.4, 0.5) is 0 Å². The molecule has 0 radical (unpaired) electrons. The number of halogens is 2. The fourth-order valence-electron chi connectivity index (χ4n) is 1.01. The Balaban J connectivity index is 3.47. The molecule has 16 heavy (non-hydrogen) atoms. The lowest BCUT2D eigenvalue weighted by Crippen LogP contribution is -2.23. The molecule has 0 aromatic carbocycles. The number of hydrogen-bond acceptors (Lipinski definition) is 4. The van der Waals surface area contributed by atoms with E-state index in [1.54, 1.807) is 0 Å². The van der Waals surface area contributed by atoms with Gasteiger partial charge in [-0.2, -0.15) is 0 Å². The third-order valence-corrected chi connectivity index (χ3v) is 3.12. The van der Waals surface area contributed by atoms with Crippen LogP contribution < -0.4 is 0 Å². The Morgan fingerprint density at radius 3 is 2.38 bits per heavy atom. The first-order valence-electron chi connectivity index (χ1n) is 4.06. The van der Waals surface area contributed by atoms with Crippen molar-refractivity contribution in [2.24, 2.45) is 0 Å². The number of amides is 1. The largest absolute Gasteiger partial charge is 0.345 e. The maximum atomic E-state index is 11.6. The summed E-state index contributed by atoms with van der Waals surface area (Å²) >= 11 is 5.55. The van der Waals surface area contributed by atoms with Gasteiger partial charge < -0.3 is 4.90 Å².